The van der Waals surface area contributed by atoms with E-state index in [1.165, 1.54) is 24.8 Å². The summed E-state index contributed by atoms with van der Waals surface area (Å²) in [6, 6.07) is 11.4. The number of hydrogen-bond acceptors (Lipinski definition) is 1. The molecule has 0 saturated heterocycles. The fourth-order valence-electron chi connectivity index (χ4n) is 2.73. The van der Waals surface area contributed by atoms with Crippen molar-refractivity contribution in [3.8, 4) is 0 Å². The zero-order valence-corrected chi connectivity index (χ0v) is 13.5. The minimum Gasteiger partial charge on any atom is -0.309 e. The smallest absolute Gasteiger partial charge is 0.0683 e. The molecule has 1 aliphatic rings. The molecule has 104 valence electrons. The van der Waals surface area contributed by atoms with Crippen LogP contribution in [0.5, 0.6) is 0 Å². The van der Waals surface area contributed by atoms with Crippen molar-refractivity contribution in [3.63, 3.8) is 0 Å². The molecule has 1 fully saturated rings. The molecule has 1 aromatic carbocycles. The van der Waals surface area contributed by atoms with E-state index in [0.29, 0.717) is 6.04 Å². The van der Waals surface area contributed by atoms with E-state index in [9.17, 15) is 0 Å². The first-order valence-electron chi connectivity index (χ1n) is 7.51. The molecule has 1 nitrogen and oxygen atoms in total. The molecule has 2 unspecified atom stereocenters. The Kier molecular flexibility index (Phi) is 5.00. The molecule has 1 aliphatic carbocycles. The highest BCUT2D eigenvalue weighted by Crippen LogP contribution is 2.27. The zero-order valence-electron chi connectivity index (χ0n) is 12.5. The highest BCUT2D eigenvalue weighted by molar-refractivity contribution is 6.80. The topological polar surface area (TPSA) is 12.0 Å². The summed E-state index contributed by atoms with van der Waals surface area (Å²) in [5.41, 5.74) is 3.91. The van der Waals surface area contributed by atoms with Crippen LogP contribution in [0, 0.1) is 5.92 Å². The quantitative estimate of drug-likeness (QED) is 0.785. The van der Waals surface area contributed by atoms with Gasteiger partial charge in [0.1, 0.15) is 0 Å². The van der Waals surface area contributed by atoms with Crippen LogP contribution in [0.1, 0.15) is 24.8 Å². The molecule has 0 aliphatic heterocycles. The van der Waals surface area contributed by atoms with Gasteiger partial charge in [-0.25, -0.2) is 0 Å². The molecule has 0 heterocycles. The normalized spacial score (nSPS) is 24.2. The molecule has 19 heavy (non-hydrogen) atoms. The van der Waals surface area contributed by atoms with E-state index >= 15 is 0 Å². The third-order valence-electron chi connectivity index (χ3n) is 3.82. The maximum absolute atomic E-state index is 3.75. The predicted molar refractivity (Wildman–Crippen MR) is 86.9 cm³/mol. The lowest BCUT2D eigenvalue weighted by Gasteiger charge is -2.19. The first-order chi connectivity index (χ1) is 9.04. The van der Waals surface area contributed by atoms with Crippen LogP contribution in [0.2, 0.25) is 19.6 Å². The Morgan fingerprint density at radius 1 is 1.16 bits per heavy atom. The van der Waals surface area contributed by atoms with Crippen LogP contribution in [0.15, 0.2) is 42.1 Å². The Hall–Kier alpha value is -0.863. The third kappa shape index (κ3) is 4.96. The molecule has 2 heteroatoms. The summed E-state index contributed by atoms with van der Waals surface area (Å²) in [4.78, 5) is 0. The predicted octanol–water partition coefficient (Wildman–Crippen LogP) is 4.38. The Morgan fingerprint density at radius 2 is 1.89 bits per heavy atom. The van der Waals surface area contributed by atoms with Crippen molar-refractivity contribution >= 4 is 8.07 Å². The largest absolute Gasteiger partial charge is 0.309 e. The molecule has 0 aromatic heterocycles. The Balaban J connectivity index is 1.87. The molecule has 2 rings (SSSR count). The van der Waals surface area contributed by atoms with E-state index in [2.05, 4.69) is 67.1 Å². The number of benzene rings is 1. The van der Waals surface area contributed by atoms with Crippen molar-refractivity contribution in [2.45, 2.75) is 51.5 Å². The van der Waals surface area contributed by atoms with Crippen LogP contribution >= 0.6 is 0 Å². The summed E-state index contributed by atoms with van der Waals surface area (Å²) < 4.78 is 0. The van der Waals surface area contributed by atoms with Crippen molar-refractivity contribution in [1.82, 2.24) is 5.32 Å². The molecule has 0 amide bonds. The van der Waals surface area contributed by atoms with E-state index in [-0.39, 0.29) is 0 Å². The SMILES string of the molecule is C[Si](C)(C)/C=C/C1CCCC1NCc1ccccc1. The second-order valence-corrected chi connectivity index (χ2v) is 11.9. The highest BCUT2D eigenvalue weighted by atomic mass is 28.3. The van der Waals surface area contributed by atoms with E-state index in [1.807, 2.05) is 0 Å². The van der Waals surface area contributed by atoms with Crippen LogP contribution in [-0.2, 0) is 6.54 Å². The summed E-state index contributed by atoms with van der Waals surface area (Å²) in [5.74, 6) is 0.746. The third-order valence-corrected chi connectivity index (χ3v) is 5.02. The first-order valence-corrected chi connectivity index (χ1v) is 11.1. The maximum Gasteiger partial charge on any atom is 0.0683 e. The second-order valence-electron chi connectivity index (χ2n) is 6.79. The lowest BCUT2D eigenvalue weighted by Crippen LogP contribution is -2.31. The molecule has 0 spiro atoms. The molecule has 1 aromatic rings. The van der Waals surface area contributed by atoms with Crippen LogP contribution in [0.4, 0.5) is 0 Å². The van der Waals surface area contributed by atoms with Gasteiger partial charge in [0.15, 0.2) is 0 Å². The summed E-state index contributed by atoms with van der Waals surface area (Å²) in [6.45, 7) is 8.23. The van der Waals surface area contributed by atoms with Gasteiger partial charge < -0.3 is 5.32 Å². The number of nitrogens with one attached hydrogen (secondary N) is 1. The van der Waals surface area contributed by atoms with Crippen molar-refractivity contribution in [2.24, 2.45) is 5.92 Å². The monoisotopic (exact) mass is 273 g/mol. The van der Waals surface area contributed by atoms with Gasteiger partial charge in [-0.05, 0) is 24.3 Å². The Bertz CT molecular complexity index is 405. The number of rotatable bonds is 5. The summed E-state index contributed by atoms with van der Waals surface area (Å²) >= 11 is 0. The van der Waals surface area contributed by atoms with Gasteiger partial charge >= 0.3 is 0 Å². The van der Waals surface area contributed by atoms with Crippen LogP contribution in [-0.4, -0.2) is 14.1 Å². The lowest BCUT2D eigenvalue weighted by atomic mass is 10.0. The zero-order chi connectivity index (χ0) is 13.7. The average Bonchev–Trinajstić information content (AvgIpc) is 2.82. The molecular formula is C17H27NSi. The molecule has 1 N–H and O–H groups in total. The minimum absolute atomic E-state index is 0.674. The molecular weight excluding hydrogens is 246 g/mol. The van der Waals surface area contributed by atoms with Crippen molar-refractivity contribution < 1.29 is 0 Å². The molecule has 0 radical (unpaired) electrons. The fourth-order valence-corrected chi connectivity index (χ4v) is 3.55. The maximum atomic E-state index is 3.75. The standard InChI is InChI=1S/C17H27NSi/c1-19(2,3)13-12-16-10-7-11-17(16)18-14-15-8-5-4-6-9-15/h4-6,8-9,12-13,16-18H,7,10-11,14H2,1-3H3/b13-12+. The average molecular weight is 273 g/mol. The first kappa shape index (κ1) is 14.5. The van der Waals surface area contributed by atoms with Crippen LogP contribution in [0.3, 0.4) is 0 Å². The molecule has 0 bridgehead atoms. The van der Waals surface area contributed by atoms with E-state index in [1.54, 1.807) is 0 Å². The highest BCUT2D eigenvalue weighted by Gasteiger charge is 2.25. The van der Waals surface area contributed by atoms with Crippen molar-refractivity contribution in [3.05, 3.63) is 47.7 Å². The summed E-state index contributed by atoms with van der Waals surface area (Å²) in [6.07, 6.45) is 6.55. The van der Waals surface area contributed by atoms with E-state index in [4.69, 9.17) is 0 Å². The minimum atomic E-state index is -1.05. The van der Waals surface area contributed by atoms with Gasteiger partial charge in [0.25, 0.3) is 0 Å². The van der Waals surface area contributed by atoms with Gasteiger partial charge in [-0.2, -0.15) is 0 Å². The Morgan fingerprint density at radius 3 is 2.58 bits per heavy atom. The van der Waals surface area contributed by atoms with Crippen LogP contribution in [0.25, 0.3) is 0 Å². The van der Waals surface area contributed by atoms with Gasteiger partial charge in [-0.1, -0.05) is 68.2 Å². The fraction of sp³-hybridized carbons (Fsp3) is 0.529. The van der Waals surface area contributed by atoms with E-state index < -0.39 is 8.07 Å². The molecule has 2 atom stereocenters. The van der Waals surface area contributed by atoms with Crippen molar-refractivity contribution in [1.29, 1.82) is 0 Å². The second kappa shape index (κ2) is 6.53. The Labute approximate surface area is 119 Å². The van der Waals surface area contributed by atoms with Gasteiger partial charge in [0.2, 0.25) is 0 Å². The van der Waals surface area contributed by atoms with Gasteiger partial charge in [0.05, 0.1) is 8.07 Å². The van der Waals surface area contributed by atoms with Gasteiger partial charge in [-0.15, -0.1) is 0 Å². The van der Waals surface area contributed by atoms with Crippen LogP contribution < -0.4 is 5.32 Å². The van der Waals surface area contributed by atoms with Gasteiger partial charge in [-0.3, -0.25) is 0 Å². The summed E-state index contributed by atoms with van der Waals surface area (Å²) in [7, 11) is -1.05. The van der Waals surface area contributed by atoms with E-state index in [0.717, 1.165) is 12.5 Å². The van der Waals surface area contributed by atoms with Crippen molar-refractivity contribution in [2.75, 3.05) is 0 Å². The summed E-state index contributed by atoms with van der Waals surface area (Å²) in [5, 5.41) is 3.75. The lowest BCUT2D eigenvalue weighted by molar-refractivity contribution is 0.458. The number of hydrogen-bond donors (Lipinski definition) is 1. The molecule has 1 saturated carbocycles. The van der Waals surface area contributed by atoms with Gasteiger partial charge in [0, 0.05) is 12.6 Å².